The van der Waals surface area contributed by atoms with Gasteiger partial charge in [-0.2, -0.15) is 0 Å². The van der Waals surface area contributed by atoms with Crippen LogP contribution in [-0.2, 0) is 4.79 Å². The Balaban J connectivity index is 1.89. The van der Waals surface area contributed by atoms with Crippen LogP contribution in [0.25, 0.3) is 11.6 Å². The lowest BCUT2D eigenvalue weighted by Crippen LogP contribution is -2.41. The van der Waals surface area contributed by atoms with Gasteiger partial charge in [-0.1, -0.05) is 35.9 Å². The van der Waals surface area contributed by atoms with E-state index in [1.54, 1.807) is 56.7 Å². The average Bonchev–Trinajstić information content (AvgIpc) is 2.77. The third-order valence-corrected chi connectivity index (χ3v) is 5.06. The van der Waals surface area contributed by atoms with E-state index in [-0.39, 0.29) is 11.8 Å². The quantitative estimate of drug-likeness (QED) is 0.470. The Labute approximate surface area is 175 Å². The van der Waals surface area contributed by atoms with Gasteiger partial charge in [0.15, 0.2) is 0 Å². The summed E-state index contributed by atoms with van der Waals surface area (Å²) < 4.78 is 10.7. The first-order chi connectivity index (χ1) is 14.5. The molecule has 0 saturated heterocycles. The molecule has 0 aromatic heterocycles. The molecule has 5 heteroatoms. The number of nitrogens with zero attached hydrogens (tertiary/aromatic N) is 1. The minimum absolute atomic E-state index is 0.333. The van der Waals surface area contributed by atoms with Crippen LogP contribution in [0, 0.1) is 6.92 Å². The number of ether oxygens (including phenoxy) is 2. The van der Waals surface area contributed by atoms with Gasteiger partial charge in [-0.05, 0) is 54.5 Å². The molecule has 0 atom stereocenters. The van der Waals surface area contributed by atoms with Crippen molar-refractivity contribution < 1.29 is 19.1 Å². The van der Waals surface area contributed by atoms with Crippen molar-refractivity contribution in [1.82, 2.24) is 0 Å². The van der Waals surface area contributed by atoms with Crippen molar-refractivity contribution >= 4 is 29.2 Å². The number of aryl methyl sites for hydroxylation is 1. The summed E-state index contributed by atoms with van der Waals surface area (Å²) in [6.45, 7) is 1.96. The van der Waals surface area contributed by atoms with Crippen molar-refractivity contribution in [1.29, 1.82) is 0 Å². The highest BCUT2D eigenvalue weighted by atomic mass is 16.5. The number of hydrogen-bond acceptors (Lipinski definition) is 4. The highest BCUT2D eigenvalue weighted by molar-refractivity contribution is 6.43. The molecule has 0 saturated carbocycles. The lowest BCUT2D eigenvalue weighted by Gasteiger charge is -2.28. The molecular weight excluding hydrogens is 378 g/mol. The fourth-order valence-corrected chi connectivity index (χ4v) is 3.50. The number of fused-ring (bicyclic) bond motifs is 1. The molecule has 0 radical (unpaired) electrons. The van der Waals surface area contributed by atoms with Gasteiger partial charge < -0.3 is 9.47 Å². The van der Waals surface area contributed by atoms with E-state index < -0.39 is 0 Å². The Morgan fingerprint density at radius 2 is 1.37 bits per heavy atom. The van der Waals surface area contributed by atoms with Gasteiger partial charge in [-0.3, -0.25) is 9.59 Å². The molecule has 3 aromatic carbocycles. The zero-order chi connectivity index (χ0) is 21.3. The number of hydrogen-bond donors (Lipinski definition) is 0. The molecule has 150 valence electrons. The van der Waals surface area contributed by atoms with Crippen molar-refractivity contribution in [3.8, 4) is 11.5 Å². The summed E-state index contributed by atoms with van der Waals surface area (Å²) in [4.78, 5) is 27.8. The molecule has 1 heterocycles. The molecule has 2 amide bonds. The van der Waals surface area contributed by atoms with E-state index in [2.05, 4.69) is 0 Å². The fraction of sp³-hybridized carbons (Fsp3) is 0.120. The predicted octanol–water partition coefficient (Wildman–Crippen LogP) is 4.74. The summed E-state index contributed by atoms with van der Waals surface area (Å²) in [5.74, 6) is 0.526. The molecule has 1 aliphatic rings. The third kappa shape index (κ3) is 3.46. The number of carbonyl (C=O) groups is 2. The van der Waals surface area contributed by atoms with E-state index in [4.69, 9.17) is 9.47 Å². The standard InChI is InChI=1S/C25H21NO4/c1-16-8-10-18(11-9-16)26-24(27)22-7-5-4-6-21(22)23(25(26)28)14-17-12-19(29-2)15-20(13-17)30-3/h4-15H,1-3H3/b23-14-. The van der Waals surface area contributed by atoms with Gasteiger partial charge in [0.25, 0.3) is 11.8 Å². The topological polar surface area (TPSA) is 55.8 Å². The second-order valence-electron chi connectivity index (χ2n) is 7.03. The molecule has 0 bridgehead atoms. The van der Waals surface area contributed by atoms with Crippen molar-refractivity contribution in [2.45, 2.75) is 6.92 Å². The van der Waals surface area contributed by atoms with Gasteiger partial charge in [0, 0.05) is 17.2 Å². The fourth-order valence-electron chi connectivity index (χ4n) is 3.50. The second kappa shape index (κ2) is 7.87. The summed E-state index contributed by atoms with van der Waals surface area (Å²) in [7, 11) is 3.15. The van der Waals surface area contributed by atoms with E-state index in [0.717, 1.165) is 11.1 Å². The Bertz CT molecular complexity index is 1140. The number of methoxy groups -OCH3 is 2. The van der Waals surface area contributed by atoms with Crippen molar-refractivity contribution in [3.63, 3.8) is 0 Å². The first-order valence-electron chi connectivity index (χ1n) is 9.51. The highest BCUT2D eigenvalue weighted by Crippen LogP contribution is 2.34. The van der Waals surface area contributed by atoms with Gasteiger partial charge >= 0.3 is 0 Å². The van der Waals surface area contributed by atoms with Crippen molar-refractivity contribution in [3.05, 3.63) is 89.0 Å². The van der Waals surface area contributed by atoms with E-state index in [1.807, 2.05) is 37.3 Å². The van der Waals surface area contributed by atoms with Crippen LogP contribution < -0.4 is 14.4 Å². The number of carbonyl (C=O) groups excluding carboxylic acids is 2. The van der Waals surface area contributed by atoms with Crippen LogP contribution in [0.2, 0.25) is 0 Å². The van der Waals surface area contributed by atoms with Crippen LogP contribution in [0.1, 0.15) is 27.0 Å². The van der Waals surface area contributed by atoms with E-state index in [0.29, 0.717) is 33.9 Å². The van der Waals surface area contributed by atoms with E-state index in [1.165, 1.54) is 4.90 Å². The normalized spacial score (nSPS) is 14.6. The zero-order valence-electron chi connectivity index (χ0n) is 17.0. The van der Waals surface area contributed by atoms with Gasteiger partial charge in [-0.15, -0.1) is 0 Å². The van der Waals surface area contributed by atoms with Crippen LogP contribution in [0.4, 0.5) is 5.69 Å². The van der Waals surface area contributed by atoms with Gasteiger partial charge in [-0.25, -0.2) is 4.90 Å². The number of imide groups is 1. The van der Waals surface area contributed by atoms with Crippen LogP contribution >= 0.6 is 0 Å². The molecule has 0 N–H and O–H groups in total. The Hall–Kier alpha value is -3.86. The largest absolute Gasteiger partial charge is 0.497 e. The number of amides is 2. The number of anilines is 1. The third-order valence-electron chi connectivity index (χ3n) is 5.06. The molecule has 1 aliphatic heterocycles. The monoisotopic (exact) mass is 399 g/mol. The molecule has 0 aliphatic carbocycles. The summed E-state index contributed by atoms with van der Waals surface area (Å²) in [6.07, 6.45) is 1.76. The number of rotatable bonds is 4. The smallest absolute Gasteiger partial charge is 0.265 e. The minimum atomic E-state index is -0.371. The highest BCUT2D eigenvalue weighted by Gasteiger charge is 2.35. The molecule has 0 fully saturated rings. The summed E-state index contributed by atoms with van der Waals surface area (Å²) in [5.41, 5.74) is 3.86. The lowest BCUT2D eigenvalue weighted by atomic mass is 9.91. The van der Waals surface area contributed by atoms with Crippen LogP contribution in [0.3, 0.4) is 0 Å². The van der Waals surface area contributed by atoms with Crippen LogP contribution in [-0.4, -0.2) is 26.0 Å². The minimum Gasteiger partial charge on any atom is -0.497 e. The van der Waals surface area contributed by atoms with Crippen LogP contribution in [0.5, 0.6) is 11.5 Å². The van der Waals surface area contributed by atoms with E-state index in [9.17, 15) is 9.59 Å². The first kappa shape index (κ1) is 19.5. The molecule has 0 spiro atoms. The molecular formula is C25H21NO4. The summed E-state index contributed by atoms with van der Waals surface area (Å²) >= 11 is 0. The van der Waals surface area contributed by atoms with Crippen molar-refractivity contribution in [2.75, 3.05) is 19.1 Å². The van der Waals surface area contributed by atoms with Gasteiger partial charge in [0.05, 0.1) is 19.9 Å². The second-order valence-corrected chi connectivity index (χ2v) is 7.03. The predicted molar refractivity (Wildman–Crippen MR) is 117 cm³/mol. The molecule has 5 nitrogen and oxygen atoms in total. The molecule has 4 rings (SSSR count). The summed E-state index contributed by atoms with van der Waals surface area (Å²) in [5, 5.41) is 0. The molecule has 30 heavy (non-hydrogen) atoms. The van der Waals surface area contributed by atoms with Gasteiger partial charge in [0.2, 0.25) is 0 Å². The SMILES string of the molecule is COc1cc(/C=C2\C(=O)N(c3ccc(C)cc3)C(=O)c3ccccc32)cc(OC)c1. The van der Waals surface area contributed by atoms with Gasteiger partial charge in [0.1, 0.15) is 11.5 Å². The Morgan fingerprint density at radius 1 is 0.767 bits per heavy atom. The molecule has 3 aromatic rings. The lowest BCUT2D eigenvalue weighted by molar-refractivity contribution is -0.112. The van der Waals surface area contributed by atoms with Crippen molar-refractivity contribution in [2.24, 2.45) is 0 Å². The summed E-state index contributed by atoms with van der Waals surface area (Å²) in [6, 6.07) is 19.9. The van der Waals surface area contributed by atoms with E-state index >= 15 is 0 Å². The average molecular weight is 399 g/mol. The maximum absolute atomic E-state index is 13.5. The maximum Gasteiger partial charge on any atom is 0.265 e. The zero-order valence-corrected chi connectivity index (χ0v) is 17.0. The first-order valence-corrected chi connectivity index (χ1v) is 9.51. The number of benzene rings is 3. The maximum atomic E-state index is 13.5. The Kier molecular flexibility index (Phi) is 5.11. The van der Waals surface area contributed by atoms with Crippen LogP contribution in [0.15, 0.2) is 66.7 Å². The molecule has 0 unspecified atom stereocenters. The Morgan fingerprint density at radius 3 is 1.97 bits per heavy atom.